The third kappa shape index (κ3) is 7.77. The number of aromatic nitrogens is 2. The summed E-state index contributed by atoms with van der Waals surface area (Å²) in [5.74, 6) is -8.19. The van der Waals surface area contributed by atoms with Crippen LogP contribution in [-0.4, -0.2) is 92.3 Å². The molecule has 4 aliphatic heterocycles. The standard InChI is InChI=1S/2C21H20F3N3O4/c2*22-10-21-5-1-2-6-26(11-21)20(31)16-18(29)17(28)14(9-27(16)21)19(30)25-8-12-3-4-13(23)7-15(12)24/h2*3-4,7,9,29H,1-2,5-6,8,10-11H2,(H,25,30). The fourth-order valence-electron chi connectivity index (χ4n) is 8.48. The maximum atomic E-state index is 14.2. The molecule has 0 spiro atoms. The monoisotopic (exact) mass is 870 g/mol. The first kappa shape index (κ1) is 43.5. The zero-order valence-corrected chi connectivity index (χ0v) is 32.9. The molecule has 0 saturated carbocycles. The highest BCUT2D eigenvalue weighted by atomic mass is 19.2. The summed E-state index contributed by atoms with van der Waals surface area (Å²) >= 11 is 0. The van der Waals surface area contributed by atoms with Crippen LogP contribution in [0.15, 0.2) is 58.4 Å². The van der Waals surface area contributed by atoms with Gasteiger partial charge in [-0.15, -0.1) is 0 Å². The molecule has 2 atom stereocenters. The Labute approximate surface area is 348 Å². The van der Waals surface area contributed by atoms with Crippen LogP contribution in [0.2, 0.25) is 0 Å². The smallest absolute Gasteiger partial charge is 0.274 e. The van der Waals surface area contributed by atoms with E-state index in [1.165, 1.54) is 18.9 Å². The molecule has 20 heteroatoms. The molecule has 8 rings (SSSR count). The average molecular weight is 871 g/mol. The minimum Gasteiger partial charge on any atom is -0.503 e. The van der Waals surface area contributed by atoms with Crippen LogP contribution in [0.1, 0.15) is 91.3 Å². The highest BCUT2D eigenvalue weighted by Crippen LogP contribution is 2.38. The van der Waals surface area contributed by atoms with Gasteiger partial charge in [-0.3, -0.25) is 28.8 Å². The number of pyridine rings is 2. The van der Waals surface area contributed by atoms with Crippen molar-refractivity contribution in [3.05, 3.63) is 126 Å². The van der Waals surface area contributed by atoms with E-state index in [0.29, 0.717) is 63.7 Å². The Kier molecular flexibility index (Phi) is 12.0. The molecule has 62 heavy (non-hydrogen) atoms. The Morgan fingerprint density at radius 1 is 0.613 bits per heavy atom. The fourth-order valence-corrected chi connectivity index (χ4v) is 8.48. The van der Waals surface area contributed by atoms with Gasteiger partial charge in [0.1, 0.15) is 47.7 Å². The van der Waals surface area contributed by atoms with Gasteiger partial charge >= 0.3 is 0 Å². The quantitative estimate of drug-likeness (QED) is 0.191. The lowest BCUT2D eigenvalue weighted by Crippen LogP contribution is -2.55. The normalized spacial score (nSPS) is 20.2. The Hall–Kier alpha value is -6.60. The van der Waals surface area contributed by atoms with Crippen LogP contribution < -0.4 is 21.5 Å². The number of carbonyl (C=O) groups excluding carboxylic acids is 4. The predicted molar refractivity (Wildman–Crippen MR) is 207 cm³/mol. The summed E-state index contributed by atoms with van der Waals surface area (Å²) in [7, 11) is 0. The summed E-state index contributed by atoms with van der Waals surface area (Å²) in [6, 6.07) is 5.68. The maximum absolute atomic E-state index is 14.2. The highest BCUT2D eigenvalue weighted by Gasteiger charge is 2.47. The number of nitrogens with zero attached hydrogens (tertiary/aromatic N) is 4. The molecule has 328 valence electrons. The van der Waals surface area contributed by atoms with Crippen LogP contribution in [0.25, 0.3) is 0 Å². The van der Waals surface area contributed by atoms with Gasteiger partial charge < -0.3 is 39.8 Å². The van der Waals surface area contributed by atoms with Gasteiger partial charge in [-0.25, -0.2) is 26.3 Å². The van der Waals surface area contributed by atoms with Crippen molar-refractivity contribution in [1.82, 2.24) is 29.6 Å². The van der Waals surface area contributed by atoms with Crippen molar-refractivity contribution in [3.63, 3.8) is 0 Å². The van der Waals surface area contributed by atoms with Crippen LogP contribution in [0.3, 0.4) is 0 Å². The number of aromatic hydroxyl groups is 2. The summed E-state index contributed by atoms with van der Waals surface area (Å²) in [5.41, 5.74) is -6.22. The van der Waals surface area contributed by atoms with Crippen molar-refractivity contribution in [2.75, 3.05) is 39.5 Å². The van der Waals surface area contributed by atoms with Gasteiger partial charge in [0.25, 0.3) is 23.6 Å². The third-order valence-corrected chi connectivity index (χ3v) is 11.9. The second kappa shape index (κ2) is 17.0. The van der Waals surface area contributed by atoms with Gasteiger partial charge in [0, 0.05) is 74.9 Å². The van der Waals surface area contributed by atoms with E-state index in [0.717, 1.165) is 36.7 Å². The number of hydrogen-bond acceptors (Lipinski definition) is 8. The molecule has 4 N–H and O–H groups in total. The Morgan fingerprint density at radius 2 is 1.00 bits per heavy atom. The fraction of sp³-hybridized carbons (Fsp3) is 0.381. The predicted octanol–water partition coefficient (Wildman–Crippen LogP) is 4.13. The number of halogens is 6. The number of benzene rings is 2. The molecule has 2 fully saturated rings. The molecule has 0 aliphatic carbocycles. The van der Waals surface area contributed by atoms with E-state index in [-0.39, 0.29) is 48.7 Å². The number of alkyl halides is 2. The molecule has 6 heterocycles. The molecule has 4 amide bonds. The van der Waals surface area contributed by atoms with E-state index >= 15 is 0 Å². The molecule has 4 aliphatic rings. The zero-order chi connectivity index (χ0) is 44.7. The first-order valence-electron chi connectivity index (χ1n) is 19.7. The van der Waals surface area contributed by atoms with E-state index in [1.54, 1.807) is 0 Å². The van der Waals surface area contributed by atoms with Gasteiger partial charge in [0.05, 0.1) is 11.1 Å². The van der Waals surface area contributed by atoms with Gasteiger partial charge in [-0.2, -0.15) is 0 Å². The molecular weight excluding hydrogens is 830 g/mol. The van der Waals surface area contributed by atoms with Crippen LogP contribution >= 0.6 is 0 Å². The number of amides is 4. The lowest BCUT2D eigenvalue weighted by molar-refractivity contribution is 0.0511. The first-order valence-corrected chi connectivity index (χ1v) is 19.7. The lowest BCUT2D eigenvalue weighted by Gasteiger charge is -2.42. The number of rotatable bonds is 8. The second-order valence-corrected chi connectivity index (χ2v) is 15.8. The Morgan fingerprint density at radius 3 is 1.35 bits per heavy atom. The summed E-state index contributed by atoms with van der Waals surface area (Å²) in [5, 5.41) is 25.6. The van der Waals surface area contributed by atoms with Crippen LogP contribution in [0.4, 0.5) is 26.3 Å². The summed E-state index contributed by atoms with van der Waals surface area (Å²) in [4.78, 5) is 79.0. The number of carbonyl (C=O) groups is 4. The molecule has 0 radical (unpaired) electrons. The van der Waals surface area contributed by atoms with Crippen molar-refractivity contribution >= 4 is 23.6 Å². The number of hydrogen-bond donors (Lipinski definition) is 4. The summed E-state index contributed by atoms with van der Waals surface area (Å²) in [6.07, 6.45) is 5.49. The second-order valence-electron chi connectivity index (χ2n) is 15.8. The first-order chi connectivity index (χ1) is 29.5. The number of nitrogens with one attached hydrogen (secondary N) is 2. The highest BCUT2D eigenvalue weighted by molar-refractivity contribution is 6.00. The molecule has 14 nitrogen and oxygen atoms in total. The molecular formula is C42H40F6N6O8. The SMILES string of the molecule is O=C(NCc1ccc(F)cc1F)c1cn2c(c(O)c1=O)C(=O)N1CCCCC2(CF)C1.O=C(NCc1ccc(F)cc1F)c1cn2c(c(O)c1=O)C(=O)N1CCCCC2(CF)C1. The van der Waals surface area contributed by atoms with Gasteiger partial charge in [0.15, 0.2) is 22.9 Å². The molecule has 2 unspecified atom stereocenters. The summed E-state index contributed by atoms with van der Waals surface area (Å²) < 4.78 is 84.6. The Balaban J connectivity index is 0.000000186. The van der Waals surface area contributed by atoms with E-state index in [4.69, 9.17) is 0 Å². The molecule has 2 saturated heterocycles. The molecule has 2 aromatic carbocycles. The van der Waals surface area contributed by atoms with Crippen LogP contribution in [-0.2, 0) is 24.2 Å². The number of fused-ring (bicyclic) bond motifs is 8. The summed E-state index contributed by atoms with van der Waals surface area (Å²) in [6.45, 7) is -1.47. The van der Waals surface area contributed by atoms with Crippen molar-refractivity contribution in [2.24, 2.45) is 0 Å². The van der Waals surface area contributed by atoms with Gasteiger partial charge in [0.2, 0.25) is 10.9 Å². The third-order valence-electron chi connectivity index (χ3n) is 11.9. The van der Waals surface area contributed by atoms with E-state index in [1.807, 2.05) is 0 Å². The lowest BCUT2D eigenvalue weighted by atomic mass is 9.91. The Bertz CT molecular complexity index is 2440. The minimum atomic E-state index is -1.19. The topological polar surface area (TPSA) is 183 Å². The van der Waals surface area contributed by atoms with Crippen molar-refractivity contribution in [2.45, 2.75) is 62.7 Å². The minimum absolute atomic E-state index is 0.00755. The largest absolute Gasteiger partial charge is 0.503 e. The van der Waals surface area contributed by atoms with Crippen LogP contribution in [0.5, 0.6) is 11.5 Å². The zero-order valence-electron chi connectivity index (χ0n) is 32.9. The van der Waals surface area contributed by atoms with Crippen molar-refractivity contribution < 1.29 is 55.7 Å². The van der Waals surface area contributed by atoms with E-state index in [9.17, 15) is 65.3 Å². The molecule has 2 aromatic heterocycles. The van der Waals surface area contributed by atoms with Crippen molar-refractivity contribution in [3.8, 4) is 11.5 Å². The van der Waals surface area contributed by atoms with Crippen LogP contribution in [0, 0.1) is 23.3 Å². The maximum Gasteiger partial charge on any atom is 0.274 e. The van der Waals surface area contributed by atoms with E-state index < -0.39 is 105 Å². The molecule has 4 aromatic rings. The van der Waals surface area contributed by atoms with E-state index in [2.05, 4.69) is 10.6 Å². The van der Waals surface area contributed by atoms with Crippen molar-refractivity contribution in [1.29, 1.82) is 0 Å². The van der Waals surface area contributed by atoms with Gasteiger partial charge in [-0.1, -0.05) is 12.1 Å². The molecule has 4 bridgehead atoms. The van der Waals surface area contributed by atoms with Gasteiger partial charge in [-0.05, 0) is 50.7 Å². The average Bonchev–Trinajstić information content (AvgIpc) is 3.58.